The quantitative estimate of drug-likeness (QED) is 0.798. The number of hydrogen-bond donors (Lipinski definition) is 0. The molecule has 90 valence electrons. The third kappa shape index (κ3) is 2.75. The Bertz CT molecular complexity index is 405. The third-order valence-corrected chi connectivity index (χ3v) is 3.11. The number of nitrogens with zero attached hydrogens (tertiary/aromatic N) is 3. The maximum absolute atomic E-state index is 9.06. The molecule has 4 nitrogen and oxygen atoms in total. The van der Waals surface area contributed by atoms with Gasteiger partial charge in [0, 0.05) is 25.9 Å². The largest absolute Gasteiger partial charge is 0.378 e. The van der Waals surface area contributed by atoms with Crippen LogP contribution >= 0.6 is 0 Å². The first-order valence-corrected chi connectivity index (χ1v) is 6.05. The van der Waals surface area contributed by atoms with Crippen LogP contribution < -0.4 is 4.90 Å². The number of rotatable bonds is 3. The van der Waals surface area contributed by atoms with Crippen molar-refractivity contribution in [1.82, 2.24) is 4.98 Å². The van der Waals surface area contributed by atoms with Gasteiger partial charge >= 0.3 is 0 Å². The molecule has 0 amide bonds. The van der Waals surface area contributed by atoms with Crippen molar-refractivity contribution in [3.8, 4) is 6.07 Å². The highest BCUT2D eigenvalue weighted by Crippen LogP contribution is 2.23. The van der Waals surface area contributed by atoms with E-state index in [4.69, 9.17) is 10.00 Å². The van der Waals surface area contributed by atoms with Gasteiger partial charge in [0.2, 0.25) is 0 Å². The molecule has 2 rings (SSSR count). The van der Waals surface area contributed by atoms with Crippen molar-refractivity contribution in [3.63, 3.8) is 0 Å². The van der Waals surface area contributed by atoms with E-state index in [0.717, 1.165) is 38.2 Å². The summed E-state index contributed by atoms with van der Waals surface area (Å²) in [6.45, 7) is 4.68. The number of hydrogen-bond acceptors (Lipinski definition) is 4. The third-order valence-electron chi connectivity index (χ3n) is 3.11. The number of anilines is 1. The summed E-state index contributed by atoms with van der Waals surface area (Å²) in [5.74, 6) is 0. The SMILES string of the molecule is CCOC1CCN(c2cnccc2C#N)CC1. The van der Waals surface area contributed by atoms with E-state index in [1.807, 2.05) is 6.92 Å². The Kier molecular flexibility index (Phi) is 3.94. The Hall–Kier alpha value is -1.60. The van der Waals surface area contributed by atoms with E-state index in [1.165, 1.54) is 0 Å². The van der Waals surface area contributed by atoms with Crippen LogP contribution in [0.1, 0.15) is 25.3 Å². The number of piperidine rings is 1. The van der Waals surface area contributed by atoms with Crippen LogP contribution in [0.4, 0.5) is 5.69 Å². The predicted molar refractivity (Wildman–Crippen MR) is 65.8 cm³/mol. The lowest BCUT2D eigenvalue weighted by Crippen LogP contribution is -2.37. The van der Waals surface area contributed by atoms with Crippen LogP contribution in [0.3, 0.4) is 0 Å². The monoisotopic (exact) mass is 231 g/mol. The van der Waals surface area contributed by atoms with Crippen LogP contribution in [0.5, 0.6) is 0 Å². The van der Waals surface area contributed by atoms with Gasteiger partial charge in [-0.1, -0.05) is 0 Å². The lowest BCUT2D eigenvalue weighted by Gasteiger charge is -2.33. The molecule has 0 unspecified atom stereocenters. The van der Waals surface area contributed by atoms with E-state index in [2.05, 4.69) is 16.0 Å². The van der Waals surface area contributed by atoms with E-state index in [9.17, 15) is 0 Å². The summed E-state index contributed by atoms with van der Waals surface area (Å²) < 4.78 is 5.62. The first-order chi connectivity index (χ1) is 8.35. The van der Waals surface area contributed by atoms with E-state index in [1.54, 1.807) is 18.5 Å². The average molecular weight is 231 g/mol. The van der Waals surface area contributed by atoms with E-state index in [0.29, 0.717) is 11.7 Å². The van der Waals surface area contributed by atoms with Crippen molar-refractivity contribution in [3.05, 3.63) is 24.0 Å². The molecule has 0 aliphatic carbocycles. The molecular weight excluding hydrogens is 214 g/mol. The first-order valence-electron chi connectivity index (χ1n) is 6.05. The average Bonchev–Trinajstić information content (AvgIpc) is 2.40. The molecule has 0 radical (unpaired) electrons. The van der Waals surface area contributed by atoms with Gasteiger partial charge in [-0.25, -0.2) is 0 Å². The molecule has 1 fully saturated rings. The van der Waals surface area contributed by atoms with Crippen molar-refractivity contribution in [2.75, 3.05) is 24.6 Å². The molecule has 0 atom stereocenters. The van der Waals surface area contributed by atoms with Crippen LogP contribution in [0.25, 0.3) is 0 Å². The van der Waals surface area contributed by atoms with Gasteiger partial charge in [-0.3, -0.25) is 4.98 Å². The van der Waals surface area contributed by atoms with E-state index >= 15 is 0 Å². The van der Waals surface area contributed by atoms with Gasteiger partial charge < -0.3 is 9.64 Å². The molecule has 1 aliphatic heterocycles. The fourth-order valence-electron chi connectivity index (χ4n) is 2.23. The second-order valence-corrected chi connectivity index (χ2v) is 4.15. The smallest absolute Gasteiger partial charge is 0.101 e. The second kappa shape index (κ2) is 5.65. The molecule has 0 saturated carbocycles. The summed E-state index contributed by atoms with van der Waals surface area (Å²) in [7, 11) is 0. The van der Waals surface area contributed by atoms with Crippen LogP contribution in [-0.2, 0) is 4.74 Å². The zero-order valence-corrected chi connectivity index (χ0v) is 10.1. The Morgan fingerprint density at radius 3 is 2.94 bits per heavy atom. The van der Waals surface area contributed by atoms with E-state index < -0.39 is 0 Å². The minimum Gasteiger partial charge on any atom is -0.378 e. The summed E-state index contributed by atoms with van der Waals surface area (Å²) in [5.41, 5.74) is 1.65. The Morgan fingerprint density at radius 1 is 1.53 bits per heavy atom. The zero-order chi connectivity index (χ0) is 12.1. The fourth-order valence-corrected chi connectivity index (χ4v) is 2.23. The van der Waals surface area contributed by atoms with Gasteiger partial charge in [-0.15, -0.1) is 0 Å². The van der Waals surface area contributed by atoms with Gasteiger partial charge in [-0.2, -0.15) is 5.26 Å². The second-order valence-electron chi connectivity index (χ2n) is 4.15. The van der Waals surface area contributed by atoms with Crippen molar-refractivity contribution < 1.29 is 4.74 Å². The maximum Gasteiger partial charge on any atom is 0.101 e. The molecule has 1 saturated heterocycles. The Labute approximate surface area is 102 Å². The maximum atomic E-state index is 9.06. The van der Waals surface area contributed by atoms with Crippen molar-refractivity contribution >= 4 is 5.69 Å². The van der Waals surface area contributed by atoms with Gasteiger partial charge in [0.05, 0.1) is 23.6 Å². The van der Waals surface area contributed by atoms with Gasteiger partial charge in [0.15, 0.2) is 0 Å². The summed E-state index contributed by atoms with van der Waals surface area (Å²) in [4.78, 5) is 6.32. The topological polar surface area (TPSA) is 49.1 Å². The highest BCUT2D eigenvalue weighted by Gasteiger charge is 2.21. The summed E-state index contributed by atoms with van der Waals surface area (Å²) >= 11 is 0. The zero-order valence-electron chi connectivity index (χ0n) is 10.1. The van der Waals surface area contributed by atoms with Gasteiger partial charge in [0.1, 0.15) is 6.07 Å². The molecule has 0 spiro atoms. The fraction of sp³-hybridized carbons (Fsp3) is 0.538. The van der Waals surface area contributed by atoms with Crippen molar-refractivity contribution in [1.29, 1.82) is 5.26 Å². The molecule has 1 aromatic rings. The molecule has 0 N–H and O–H groups in total. The highest BCUT2D eigenvalue weighted by molar-refractivity contribution is 5.57. The van der Waals surface area contributed by atoms with Crippen LogP contribution in [0.2, 0.25) is 0 Å². The number of nitriles is 1. The number of pyridine rings is 1. The molecule has 1 aromatic heterocycles. The number of ether oxygens (including phenoxy) is 1. The van der Waals surface area contributed by atoms with Crippen molar-refractivity contribution in [2.45, 2.75) is 25.9 Å². The summed E-state index contributed by atoms with van der Waals surface area (Å²) in [6.07, 6.45) is 5.86. The molecule has 0 aromatic carbocycles. The Balaban J connectivity index is 2.03. The minimum absolute atomic E-state index is 0.374. The molecular formula is C13H17N3O. The molecule has 17 heavy (non-hydrogen) atoms. The molecule has 0 bridgehead atoms. The standard InChI is InChI=1S/C13H17N3O/c1-2-17-12-4-7-16(8-5-12)13-10-15-6-3-11(13)9-14/h3,6,10,12H,2,4-5,7-8H2,1H3. The predicted octanol–water partition coefficient (Wildman–Crippen LogP) is 1.96. The summed E-state index contributed by atoms with van der Waals surface area (Å²) in [6, 6.07) is 3.98. The molecule has 2 heterocycles. The van der Waals surface area contributed by atoms with Crippen LogP contribution in [0, 0.1) is 11.3 Å². The van der Waals surface area contributed by atoms with Gasteiger partial charge in [-0.05, 0) is 25.8 Å². The van der Waals surface area contributed by atoms with Gasteiger partial charge in [0.25, 0.3) is 0 Å². The van der Waals surface area contributed by atoms with Crippen LogP contribution in [-0.4, -0.2) is 30.8 Å². The summed E-state index contributed by atoms with van der Waals surface area (Å²) in [5, 5.41) is 9.06. The lowest BCUT2D eigenvalue weighted by molar-refractivity contribution is 0.0459. The van der Waals surface area contributed by atoms with Crippen LogP contribution in [0.15, 0.2) is 18.5 Å². The van der Waals surface area contributed by atoms with E-state index in [-0.39, 0.29) is 0 Å². The normalized spacial score (nSPS) is 16.8. The number of aromatic nitrogens is 1. The molecule has 1 aliphatic rings. The Morgan fingerprint density at radius 2 is 2.29 bits per heavy atom. The highest BCUT2D eigenvalue weighted by atomic mass is 16.5. The molecule has 4 heteroatoms. The lowest BCUT2D eigenvalue weighted by atomic mass is 10.1. The van der Waals surface area contributed by atoms with Crippen molar-refractivity contribution in [2.24, 2.45) is 0 Å². The minimum atomic E-state index is 0.374. The first kappa shape index (κ1) is 11.9.